The van der Waals surface area contributed by atoms with Crippen LogP contribution in [0.3, 0.4) is 0 Å². The zero-order valence-electron chi connectivity index (χ0n) is 23.8. The highest BCUT2D eigenvalue weighted by atomic mass is 28.4. The van der Waals surface area contributed by atoms with Gasteiger partial charge in [0.1, 0.15) is 44.7 Å². The molecule has 2 heterocycles. The van der Waals surface area contributed by atoms with Crippen molar-refractivity contribution in [3.63, 3.8) is 0 Å². The van der Waals surface area contributed by atoms with Crippen LogP contribution in [0, 0.1) is 0 Å². The molecule has 214 valence electrons. The van der Waals surface area contributed by atoms with Gasteiger partial charge in [-0.25, -0.2) is 0 Å². The molecule has 0 bridgehead atoms. The third kappa shape index (κ3) is 10.9. The Bertz CT molecular complexity index is 919. The second-order valence-corrected chi connectivity index (χ2v) is 11.4. The normalized spacial score (nSPS) is 17.5. The van der Waals surface area contributed by atoms with Crippen LogP contribution in [0.2, 0.25) is 0 Å². The van der Waals surface area contributed by atoms with E-state index in [2.05, 4.69) is 19.7 Å². The Kier molecular flexibility index (Phi) is 14.5. The van der Waals surface area contributed by atoms with Crippen molar-refractivity contribution >= 4 is 8.32 Å². The van der Waals surface area contributed by atoms with E-state index < -0.39 is 14.4 Å². The van der Waals surface area contributed by atoms with Crippen molar-refractivity contribution in [2.45, 2.75) is 46.0 Å². The molecule has 0 spiro atoms. The van der Waals surface area contributed by atoms with Gasteiger partial charge in [-0.1, -0.05) is 69.1 Å². The summed E-state index contributed by atoms with van der Waals surface area (Å²) in [4.78, 5) is 0. The minimum Gasteiger partial charge on any atom is -0.487 e. The Morgan fingerprint density at radius 1 is 0.692 bits per heavy atom. The predicted octanol–water partition coefficient (Wildman–Crippen LogP) is 6.26. The summed E-state index contributed by atoms with van der Waals surface area (Å²) in [6.07, 6.45) is -0.128. The van der Waals surface area contributed by atoms with Crippen molar-refractivity contribution in [3.05, 3.63) is 85.4 Å². The van der Waals surface area contributed by atoms with E-state index in [4.69, 9.17) is 32.8 Å². The second kappa shape index (κ2) is 17.5. The fraction of sp³-hybridized carbons (Fsp3) is 0.419. The summed E-state index contributed by atoms with van der Waals surface area (Å²) >= 11 is 0. The first kappa shape index (κ1) is 32.2. The number of hydrogen-bond donors (Lipinski definition) is 0. The Hall–Kier alpha value is -3.04. The molecule has 2 atom stereocenters. The maximum Gasteiger partial charge on any atom is 0.265 e. The van der Waals surface area contributed by atoms with Gasteiger partial charge in [-0.3, -0.25) is 0 Å². The molecule has 8 heteroatoms. The molecule has 4 rings (SSSR count). The van der Waals surface area contributed by atoms with Crippen molar-refractivity contribution in [2.24, 2.45) is 0 Å². The highest BCUT2D eigenvalue weighted by Crippen LogP contribution is 2.30. The molecule has 2 aromatic carbocycles. The molecule has 7 nitrogen and oxygen atoms in total. The Balaban J connectivity index is 0.00000127. The third-order valence-electron chi connectivity index (χ3n) is 5.53. The van der Waals surface area contributed by atoms with Crippen LogP contribution < -0.4 is 18.9 Å². The van der Waals surface area contributed by atoms with Crippen LogP contribution in [-0.2, 0) is 13.9 Å². The van der Waals surface area contributed by atoms with Gasteiger partial charge in [-0.15, -0.1) is 19.7 Å². The van der Waals surface area contributed by atoms with Gasteiger partial charge in [0, 0.05) is 0 Å². The Morgan fingerprint density at radius 3 is 1.33 bits per heavy atom. The minimum absolute atomic E-state index is 0.153. The summed E-state index contributed by atoms with van der Waals surface area (Å²) in [7, 11) is -2.59. The van der Waals surface area contributed by atoms with Gasteiger partial charge in [-0.2, -0.15) is 0 Å². The van der Waals surface area contributed by atoms with E-state index in [0.717, 1.165) is 13.2 Å². The van der Waals surface area contributed by atoms with Crippen molar-refractivity contribution < 1.29 is 32.8 Å². The molecule has 39 heavy (non-hydrogen) atoms. The summed E-state index contributed by atoms with van der Waals surface area (Å²) in [5.74, 6) is 2.56. The number of ether oxygens (including phenoxy) is 6. The van der Waals surface area contributed by atoms with E-state index in [1.807, 2.05) is 76.2 Å². The largest absolute Gasteiger partial charge is 0.487 e. The van der Waals surface area contributed by atoms with Gasteiger partial charge >= 0.3 is 0 Å². The number of benzene rings is 2. The topological polar surface area (TPSA) is 71.2 Å². The molecule has 0 saturated carbocycles. The molecular weight excluding hydrogens is 512 g/mol. The van der Waals surface area contributed by atoms with E-state index in [1.54, 1.807) is 17.1 Å². The van der Waals surface area contributed by atoms with Gasteiger partial charge < -0.3 is 32.8 Å². The average molecular weight is 557 g/mol. The number of epoxide rings is 2. The molecule has 0 aliphatic carbocycles. The molecule has 0 aromatic heterocycles. The maximum atomic E-state index is 6.44. The summed E-state index contributed by atoms with van der Waals surface area (Å²) < 4.78 is 40.9. The zero-order chi connectivity index (χ0) is 28.5. The van der Waals surface area contributed by atoms with Gasteiger partial charge in [0.2, 0.25) is 0 Å². The lowest BCUT2D eigenvalue weighted by atomic mass is 10.3. The molecule has 0 radical (unpaired) electrons. The average Bonchev–Trinajstić information content (AvgIpc) is 3.94. The molecular formula is C31H44O7Si. The van der Waals surface area contributed by atoms with Gasteiger partial charge in [0.15, 0.2) is 23.0 Å². The van der Waals surface area contributed by atoms with Gasteiger partial charge in [0.25, 0.3) is 8.32 Å². The molecule has 2 unspecified atom stereocenters. The van der Waals surface area contributed by atoms with Crippen LogP contribution in [0.1, 0.15) is 27.7 Å². The van der Waals surface area contributed by atoms with Crippen molar-refractivity contribution in [1.29, 1.82) is 0 Å². The highest BCUT2D eigenvalue weighted by Gasteiger charge is 2.30. The standard InChI is InChI=1S/C27H32O7Si.2C2H6/c1-4-35(5-2,6-3)34-23(19-32-26-13-9-7-11-24(26)30-17-21-15-28-21)20-33-27-14-10-8-12-25(27)31-18-22-16-29-22;2*1-2/h4-14,21-23H,1-3,15-20H2;2*1-2H3. The van der Waals surface area contributed by atoms with Crippen LogP contribution in [-0.4, -0.2) is 66.3 Å². The summed E-state index contributed by atoms with van der Waals surface area (Å²) in [6, 6.07) is 15.1. The first-order valence-electron chi connectivity index (χ1n) is 13.7. The van der Waals surface area contributed by atoms with E-state index in [-0.39, 0.29) is 25.4 Å². The first-order chi connectivity index (χ1) is 19.1. The molecule has 0 amide bonds. The van der Waals surface area contributed by atoms with Crippen LogP contribution in [0.5, 0.6) is 23.0 Å². The molecule has 0 N–H and O–H groups in total. The van der Waals surface area contributed by atoms with Crippen molar-refractivity contribution in [3.8, 4) is 23.0 Å². The predicted molar refractivity (Wildman–Crippen MR) is 158 cm³/mol. The van der Waals surface area contributed by atoms with Crippen molar-refractivity contribution in [1.82, 2.24) is 0 Å². The van der Waals surface area contributed by atoms with E-state index in [0.29, 0.717) is 36.2 Å². The summed E-state index contributed by atoms with van der Waals surface area (Å²) in [5.41, 5.74) is 5.33. The Morgan fingerprint density at radius 2 is 1.03 bits per heavy atom. The number of rotatable bonds is 17. The van der Waals surface area contributed by atoms with Crippen LogP contribution in [0.25, 0.3) is 0 Å². The first-order valence-corrected chi connectivity index (χ1v) is 15.8. The number of hydrogen-bond acceptors (Lipinski definition) is 7. The lowest BCUT2D eigenvalue weighted by molar-refractivity contribution is 0.0758. The SMILES string of the molecule is C=C[Si](C=C)(C=C)OC(COc1ccccc1OCC1CO1)COc1ccccc1OCC1CO1.CC.CC. The van der Waals surface area contributed by atoms with Crippen LogP contribution in [0.4, 0.5) is 0 Å². The highest BCUT2D eigenvalue weighted by molar-refractivity contribution is 6.87. The smallest absolute Gasteiger partial charge is 0.265 e. The molecule has 2 aliphatic rings. The molecule has 2 fully saturated rings. The van der Waals surface area contributed by atoms with Gasteiger partial charge in [0.05, 0.1) is 13.2 Å². The van der Waals surface area contributed by atoms with Crippen LogP contribution in [0.15, 0.2) is 85.4 Å². The second-order valence-electron chi connectivity index (χ2n) is 8.25. The van der Waals surface area contributed by atoms with Crippen molar-refractivity contribution in [2.75, 3.05) is 39.6 Å². The van der Waals surface area contributed by atoms with Crippen LogP contribution >= 0.6 is 0 Å². The monoisotopic (exact) mass is 556 g/mol. The number of para-hydroxylation sites is 4. The molecule has 2 aliphatic heterocycles. The Labute approximate surface area is 235 Å². The quantitative estimate of drug-likeness (QED) is 0.168. The van der Waals surface area contributed by atoms with Gasteiger partial charge in [-0.05, 0) is 24.3 Å². The zero-order valence-corrected chi connectivity index (χ0v) is 24.8. The van der Waals surface area contributed by atoms with E-state index >= 15 is 0 Å². The maximum absolute atomic E-state index is 6.44. The third-order valence-corrected chi connectivity index (χ3v) is 8.19. The summed E-state index contributed by atoms with van der Waals surface area (Å²) in [5, 5.41) is 0. The fourth-order valence-corrected chi connectivity index (χ4v) is 4.74. The fourth-order valence-electron chi connectivity index (χ4n) is 3.24. The lowest BCUT2D eigenvalue weighted by Gasteiger charge is -2.28. The minimum atomic E-state index is -2.59. The molecule has 2 aromatic rings. The molecule has 2 saturated heterocycles. The lowest BCUT2D eigenvalue weighted by Crippen LogP contribution is -2.42. The van der Waals surface area contributed by atoms with E-state index in [1.165, 1.54) is 0 Å². The summed E-state index contributed by atoms with van der Waals surface area (Å²) in [6.45, 7) is 22.7. The van der Waals surface area contributed by atoms with E-state index in [9.17, 15) is 0 Å².